The van der Waals surface area contributed by atoms with Crippen molar-refractivity contribution in [3.8, 4) is 5.75 Å². The molecule has 1 amide bonds. The zero-order valence-electron chi connectivity index (χ0n) is 19.9. The molecule has 1 fully saturated rings. The number of phenols is 1. The Hall–Kier alpha value is -3.35. The van der Waals surface area contributed by atoms with Crippen LogP contribution in [0.1, 0.15) is 66.4 Å². The largest absolute Gasteiger partial charge is 0.508 e. The molecule has 182 valence electrons. The van der Waals surface area contributed by atoms with Gasteiger partial charge in [0, 0.05) is 19.5 Å². The van der Waals surface area contributed by atoms with Gasteiger partial charge in [-0.3, -0.25) is 4.79 Å². The van der Waals surface area contributed by atoms with Gasteiger partial charge in [0.25, 0.3) is 5.91 Å². The van der Waals surface area contributed by atoms with Crippen LogP contribution in [0.25, 0.3) is 0 Å². The lowest BCUT2D eigenvalue weighted by molar-refractivity contribution is -0.134. The third-order valence-electron chi connectivity index (χ3n) is 6.00. The van der Waals surface area contributed by atoms with Crippen LogP contribution >= 0.6 is 0 Å². The van der Waals surface area contributed by atoms with E-state index in [9.17, 15) is 14.7 Å². The minimum absolute atomic E-state index is 0.107. The molecule has 7 heteroatoms. The van der Waals surface area contributed by atoms with Gasteiger partial charge in [-0.2, -0.15) is 0 Å². The predicted molar refractivity (Wildman–Crippen MR) is 132 cm³/mol. The minimum atomic E-state index is -0.407. The van der Waals surface area contributed by atoms with Crippen molar-refractivity contribution in [2.45, 2.75) is 51.4 Å². The van der Waals surface area contributed by atoms with E-state index in [-0.39, 0.29) is 37.2 Å². The van der Waals surface area contributed by atoms with E-state index in [2.05, 4.69) is 11.7 Å². The first-order chi connectivity index (χ1) is 16.5. The van der Waals surface area contributed by atoms with Gasteiger partial charge in [0.1, 0.15) is 5.75 Å². The Morgan fingerprint density at radius 2 is 2.03 bits per heavy atom. The lowest BCUT2D eigenvalue weighted by Gasteiger charge is -2.28. The van der Waals surface area contributed by atoms with Crippen molar-refractivity contribution >= 4 is 17.6 Å². The number of nitrogens with zero attached hydrogens (tertiary/aromatic N) is 2. The SMILES string of the molecule is C=CCCOC(=O)c1c(CC(/C=C/CC)=N/OCC(=O)N2CC=CC2)cc(O)cc1C1CCC1. The van der Waals surface area contributed by atoms with Crippen molar-refractivity contribution < 1.29 is 24.3 Å². The highest BCUT2D eigenvalue weighted by Crippen LogP contribution is 2.41. The highest BCUT2D eigenvalue weighted by molar-refractivity contribution is 6.00. The quantitative estimate of drug-likeness (QED) is 0.159. The third-order valence-corrected chi connectivity index (χ3v) is 6.00. The number of aromatic hydroxyl groups is 1. The molecule has 1 aliphatic carbocycles. The number of amides is 1. The molecule has 0 atom stereocenters. The number of esters is 1. The van der Waals surface area contributed by atoms with Crippen LogP contribution in [0, 0.1) is 0 Å². The molecule has 34 heavy (non-hydrogen) atoms. The second-order valence-electron chi connectivity index (χ2n) is 8.52. The van der Waals surface area contributed by atoms with E-state index in [4.69, 9.17) is 9.57 Å². The average molecular weight is 467 g/mol. The fourth-order valence-corrected chi connectivity index (χ4v) is 3.96. The van der Waals surface area contributed by atoms with Gasteiger partial charge in [0.2, 0.25) is 0 Å². The van der Waals surface area contributed by atoms with E-state index in [1.807, 2.05) is 31.2 Å². The lowest BCUT2D eigenvalue weighted by Crippen LogP contribution is -2.31. The van der Waals surface area contributed by atoms with Crippen molar-refractivity contribution in [1.29, 1.82) is 0 Å². The van der Waals surface area contributed by atoms with Gasteiger partial charge in [0.15, 0.2) is 6.61 Å². The molecule has 0 spiro atoms. The molecular formula is C27H34N2O5. The molecule has 1 aromatic rings. The number of allylic oxidation sites excluding steroid dienone is 2. The summed E-state index contributed by atoms with van der Waals surface area (Å²) in [7, 11) is 0. The molecule has 7 nitrogen and oxygen atoms in total. The number of hydrogen-bond donors (Lipinski definition) is 1. The predicted octanol–water partition coefficient (Wildman–Crippen LogP) is 4.67. The van der Waals surface area contributed by atoms with Crippen LogP contribution in [0.3, 0.4) is 0 Å². The Kier molecular flexibility index (Phi) is 9.50. The van der Waals surface area contributed by atoms with Crippen LogP contribution < -0.4 is 0 Å². The van der Waals surface area contributed by atoms with E-state index >= 15 is 0 Å². The molecular weight excluding hydrogens is 432 g/mol. The summed E-state index contributed by atoms with van der Waals surface area (Å²) < 4.78 is 5.50. The Labute approximate surface area is 201 Å². The molecule has 0 radical (unpaired) electrons. The molecule has 1 saturated carbocycles. The Balaban J connectivity index is 1.84. The third kappa shape index (κ3) is 6.83. The van der Waals surface area contributed by atoms with Gasteiger partial charge in [0.05, 0.1) is 17.9 Å². The summed E-state index contributed by atoms with van der Waals surface area (Å²) in [5.41, 5.74) is 2.49. The maximum atomic E-state index is 13.1. The fraction of sp³-hybridized carbons (Fsp3) is 0.444. The highest BCUT2D eigenvalue weighted by Gasteiger charge is 2.28. The van der Waals surface area contributed by atoms with Gasteiger partial charge >= 0.3 is 5.97 Å². The number of oxime groups is 1. The summed E-state index contributed by atoms with van der Waals surface area (Å²) in [6.07, 6.45) is 14.0. The van der Waals surface area contributed by atoms with E-state index in [1.54, 1.807) is 23.1 Å². The summed E-state index contributed by atoms with van der Waals surface area (Å²) in [4.78, 5) is 32.4. The molecule has 1 aromatic carbocycles. The molecule has 1 heterocycles. The first-order valence-corrected chi connectivity index (χ1v) is 11.9. The van der Waals surface area contributed by atoms with Gasteiger partial charge in [-0.25, -0.2) is 4.79 Å². The van der Waals surface area contributed by atoms with Crippen LogP contribution in [0.5, 0.6) is 5.75 Å². The van der Waals surface area contributed by atoms with Gasteiger partial charge < -0.3 is 19.6 Å². The standard InChI is InChI=1S/C27H34N2O5/c1-3-5-12-22(28-34-19-25(31)29-13-7-8-14-29)16-21-17-23(30)18-24(20-10-9-11-20)26(21)27(32)33-15-6-4-2/h4-5,7-8,12,17-18,20,30H,2-3,6,9-11,13-16,19H2,1H3/b12-5+,28-22+. The zero-order valence-corrected chi connectivity index (χ0v) is 19.9. The summed E-state index contributed by atoms with van der Waals surface area (Å²) >= 11 is 0. The maximum Gasteiger partial charge on any atom is 0.338 e. The zero-order chi connectivity index (χ0) is 24.3. The first-order valence-electron chi connectivity index (χ1n) is 11.9. The van der Waals surface area contributed by atoms with Crippen molar-refractivity contribution in [1.82, 2.24) is 4.90 Å². The molecule has 2 aliphatic rings. The molecule has 0 saturated heterocycles. The smallest absolute Gasteiger partial charge is 0.338 e. The average Bonchev–Trinajstić information content (AvgIpc) is 3.31. The monoisotopic (exact) mass is 466 g/mol. The van der Waals surface area contributed by atoms with Crippen molar-refractivity contribution in [3.63, 3.8) is 0 Å². The second kappa shape index (κ2) is 12.8. The van der Waals surface area contributed by atoms with Gasteiger partial charge in [-0.05, 0) is 60.9 Å². The van der Waals surface area contributed by atoms with E-state index in [1.165, 1.54) is 0 Å². The molecule has 0 unspecified atom stereocenters. The molecule has 3 rings (SSSR count). The number of hydrogen-bond acceptors (Lipinski definition) is 6. The van der Waals surface area contributed by atoms with Crippen LogP contribution in [-0.2, 0) is 20.8 Å². The Morgan fingerprint density at radius 3 is 2.68 bits per heavy atom. The number of carbonyl (C=O) groups excluding carboxylic acids is 2. The van der Waals surface area contributed by atoms with Crippen molar-refractivity contribution in [3.05, 3.63) is 65.8 Å². The van der Waals surface area contributed by atoms with E-state index < -0.39 is 5.97 Å². The van der Waals surface area contributed by atoms with Gasteiger partial charge in [-0.1, -0.05) is 42.8 Å². The van der Waals surface area contributed by atoms with Crippen LogP contribution in [0.2, 0.25) is 0 Å². The van der Waals surface area contributed by atoms with E-state index in [0.29, 0.717) is 36.3 Å². The number of carbonyl (C=O) groups is 2. The summed E-state index contributed by atoms with van der Waals surface area (Å²) in [6, 6.07) is 3.26. The minimum Gasteiger partial charge on any atom is -0.508 e. The first kappa shape index (κ1) is 25.3. The summed E-state index contributed by atoms with van der Waals surface area (Å²) in [6.45, 7) is 6.93. The number of benzene rings is 1. The Morgan fingerprint density at radius 1 is 1.26 bits per heavy atom. The van der Waals surface area contributed by atoms with Crippen LogP contribution in [0.4, 0.5) is 0 Å². The molecule has 1 aliphatic heterocycles. The number of rotatable bonds is 12. The molecule has 1 N–H and O–H groups in total. The summed E-state index contributed by atoms with van der Waals surface area (Å²) in [5.74, 6) is -0.211. The molecule has 0 bridgehead atoms. The highest BCUT2D eigenvalue weighted by atomic mass is 16.6. The number of phenolic OH excluding ortho intramolecular Hbond substituents is 1. The number of ether oxygens (including phenoxy) is 1. The van der Waals surface area contributed by atoms with Gasteiger partial charge in [-0.15, -0.1) is 6.58 Å². The van der Waals surface area contributed by atoms with Crippen molar-refractivity contribution in [2.24, 2.45) is 5.16 Å². The lowest BCUT2D eigenvalue weighted by atomic mass is 9.77. The topological polar surface area (TPSA) is 88.4 Å². The maximum absolute atomic E-state index is 13.1. The van der Waals surface area contributed by atoms with E-state index in [0.717, 1.165) is 31.2 Å². The second-order valence-corrected chi connectivity index (χ2v) is 8.52. The van der Waals surface area contributed by atoms with Crippen LogP contribution in [-0.4, -0.2) is 53.9 Å². The van der Waals surface area contributed by atoms with Crippen LogP contribution in [0.15, 0.2) is 54.2 Å². The molecule has 0 aromatic heterocycles. The fourth-order valence-electron chi connectivity index (χ4n) is 3.96. The van der Waals surface area contributed by atoms with Crippen molar-refractivity contribution in [2.75, 3.05) is 26.3 Å². The normalized spacial score (nSPS) is 16.0. The summed E-state index contributed by atoms with van der Waals surface area (Å²) in [5, 5.41) is 14.6. The Bertz CT molecular complexity index is 967.